The molecule has 74 heavy (non-hydrogen) atoms. The minimum Gasteiger partial charge on any atom is -0.415 e. The Bertz CT molecular complexity index is 2910. The van der Waals surface area contributed by atoms with Gasteiger partial charge in [-0.2, -0.15) is 18.3 Å². The Morgan fingerprint density at radius 2 is 1.39 bits per heavy atom. The summed E-state index contributed by atoms with van der Waals surface area (Å²) >= 11 is 0. The van der Waals surface area contributed by atoms with Gasteiger partial charge in [-0.25, -0.2) is 13.6 Å². The van der Waals surface area contributed by atoms with Crippen molar-refractivity contribution < 1.29 is 60.2 Å². The molecular formula is C51H53F5N10O8. The van der Waals surface area contributed by atoms with E-state index >= 15 is 0 Å². The number of aromatic amines is 1. The molecule has 1 unspecified atom stereocenters. The molecule has 5 aromatic rings. The molecule has 4 aliphatic rings. The molecular weight excluding hydrogens is 976 g/mol. The number of piperazine rings is 2. The second kappa shape index (κ2) is 22.1. The number of hydrogen-bond acceptors (Lipinski definition) is 13. The summed E-state index contributed by atoms with van der Waals surface area (Å²) in [6.45, 7) is 3.14. The van der Waals surface area contributed by atoms with Crippen LogP contribution in [0.5, 0.6) is 5.75 Å². The predicted octanol–water partition coefficient (Wildman–Crippen LogP) is 5.74. The van der Waals surface area contributed by atoms with E-state index in [0.717, 1.165) is 17.4 Å². The smallest absolute Gasteiger partial charge is 0.415 e. The number of anilines is 5. The van der Waals surface area contributed by atoms with Crippen LogP contribution < -0.4 is 35.8 Å². The van der Waals surface area contributed by atoms with Crippen molar-refractivity contribution in [2.75, 3.05) is 91.3 Å². The topological polar surface area (TPSA) is 211 Å². The summed E-state index contributed by atoms with van der Waals surface area (Å²) in [6.07, 6.45) is -3.82. The number of rotatable bonds is 14. The molecule has 0 saturated carbocycles. The van der Waals surface area contributed by atoms with Gasteiger partial charge >= 0.3 is 12.1 Å². The number of H-pyrrole nitrogens is 1. The van der Waals surface area contributed by atoms with Gasteiger partial charge < -0.3 is 45.0 Å². The molecule has 4 saturated heterocycles. The van der Waals surface area contributed by atoms with Crippen molar-refractivity contribution in [2.45, 2.75) is 63.2 Å². The molecule has 0 spiro atoms. The van der Waals surface area contributed by atoms with Crippen LogP contribution in [0.25, 0.3) is 10.9 Å². The van der Waals surface area contributed by atoms with Gasteiger partial charge in [0.15, 0.2) is 11.6 Å². The average Bonchev–Trinajstić information content (AvgIpc) is 3.78. The highest BCUT2D eigenvalue weighted by Gasteiger charge is 2.43. The first-order chi connectivity index (χ1) is 35.5. The number of halogens is 5. The van der Waals surface area contributed by atoms with E-state index in [1.165, 1.54) is 24.3 Å². The molecule has 1 atom stereocenters. The molecule has 4 fully saturated rings. The van der Waals surface area contributed by atoms with Crippen LogP contribution in [0.4, 0.5) is 50.5 Å². The molecule has 23 heteroatoms. The number of piperidine rings is 1. The first-order valence-electron chi connectivity index (χ1n) is 24.3. The fraction of sp³-hybridized carbons (Fsp3) is 0.392. The lowest BCUT2D eigenvalue weighted by atomic mass is 10.0. The van der Waals surface area contributed by atoms with Crippen LogP contribution >= 0.6 is 0 Å². The SMILES string of the molecule is O=C1CCC(Nc2ccc(N3CCN(C(=O)CCC(=O)N4CCN(c5ccc(C(=O)Nc6n[nH]c7ccc(Cc8cc(F)cc(F)c8)cc67)c(NC6CCOCC6)c5OC(=O)C(F)(F)F)CC4)CC3)cc2)C(=O)N1. The molecule has 1 aromatic heterocycles. The number of benzene rings is 4. The number of nitrogens with one attached hydrogen (secondary N) is 5. The summed E-state index contributed by atoms with van der Waals surface area (Å²) in [6, 6.07) is 17.7. The van der Waals surface area contributed by atoms with Gasteiger partial charge in [0.05, 0.1) is 22.5 Å². The third-order valence-corrected chi connectivity index (χ3v) is 13.5. The molecule has 4 aliphatic heterocycles. The first kappa shape index (κ1) is 51.1. The molecule has 390 valence electrons. The van der Waals surface area contributed by atoms with Crippen LogP contribution in [0.15, 0.2) is 72.8 Å². The average molecular weight is 1030 g/mol. The number of nitrogens with zero attached hydrogens (tertiary/aromatic N) is 5. The molecule has 0 bridgehead atoms. The van der Waals surface area contributed by atoms with Gasteiger partial charge in [0, 0.05) is 114 Å². The largest absolute Gasteiger partial charge is 0.491 e. The Labute approximate surface area is 420 Å². The van der Waals surface area contributed by atoms with Crippen LogP contribution in [0.1, 0.15) is 60.0 Å². The number of alkyl halides is 3. The highest BCUT2D eigenvalue weighted by Crippen LogP contribution is 2.42. The second-order valence-electron chi connectivity index (χ2n) is 18.5. The number of imide groups is 1. The molecule has 5 heterocycles. The van der Waals surface area contributed by atoms with Gasteiger partial charge in [-0.1, -0.05) is 6.07 Å². The molecule has 0 radical (unpaired) electrons. The van der Waals surface area contributed by atoms with Gasteiger partial charge in [0.1, 0.15) is 17.7 Å². The molecule has 5 amide bonds. The van der Waals surface area contributed by atoms with Gasteiger partial charge in [-0.3, -0.25) is 34.4 Å². The van der Waals surface area contributed by atoms with Crippen molar-refractivity contribution in [1.29, 1.82) is 0 Å². The van der Waals surface area contributed by atoms with Crippen LogP contribution in [0.3, 0.4) is 0 Å². The zero-order valence-corrected chi connectivity index (χ0v) is 40.0. The fourth-order valence-corrected chi connectivity index (χ4v) is 9.58. The number of aromatic nitrogens is 2. The van der Waals surface area contributed by atoms with E-state index < -0.39 is 47.5 Å². The number of ether oxygens (including phenoxy) is 2. The zero-order valence-electron chi connectivity index (χ0n) is 40.0. The number of esters is 1. The third kappa shape index (κ3) is 12.2. The van der Waals surface area contributed by atoms with Crippen LogP contribution in [-0.2, 0) is 35.1 Å². The maximum Gasteiger partial charge on any atom is 0.491 e. The Hall–Kier alpha value is -7.82. The van der Waals surface area contributed by atoms with Gasteiger partial charge in [-0.05, 0) is 97.5 Å². The normalized spacial score (nSPS) is 17.8. The van der Waals surface area contributed by atoms with Gasteiger partial charge in [0.25, 0.3) is 5.91 Å². The van der Waals surface area contributed by atoms with Crippen LogP contribution in [0, 0.1) is 11.6 Å². The van der Waals surface area contributed by atoms with Crippen molar-refractivity contribution in [1.82, 2.24) is 25.3 Å². The molecule has 9 rings (SSSR count). The number of fused-ring (bicyclic) bond motifs is 1. The van der Waals surface area contributed by atoms with E-state index in [4.69, 9.17) is 9.47 Å². The monoisotopic (exact) mass is 1030 g/mol. The van der Waals surface area contributed by atoms with Gasteiger partial charge in [-0.15, -0.1) is 0 Å². The lowest BCUT2D eigenvalue weighted by Crippen LogP contribution is -2.50. The van der Waals surface area contributed by atoms with Crippen molar-refractivity contribution in [3.8, 4) is 5.75 Å². The van der Waals surface area contributed by atoms with Crippen molar-refractivity contribution in [3.05, 3.63) is 101 Å². The molecule has 4 aromatic carbocycles. The molecule has 5 N–H and O–H groups in total. The fourth-order valence-electron chi connectivity index (χ4n) is 9.58. The van der Waals surface area contributed by atoms with E-state index in [2.05, 4.69) is 36.4 Å². The minimum atomic E-state index is -5.41. The highest BCUT2D eigenvalue weighted by atomic mass is 19.4. The lowest BCUT2D eigenvalue weighted by Gasteiger charge is -2.38. The van der Waals surface area contributed by atoms with Crippen molar-refractivity contribution in [2.24, 2.45) is 0 Å². The standard InChI is InChI=1S/C51H53F5N10O8/c52-32-26-31(27-33(53)29-32)25-30-1-7-39-38(28-30)47(62-61-39)60-48(70)37-6-9-41(46(74-50(72)51(54,55)56)45(37)58-35-13-23-73-24-14-35)64-17-21-66(22-18-64)44(69)12-11-43(68)65-19-15-63(16-20-65)36-4-2-34(3-5-36)57-40-8-10-42(67)59-49(40)71/h1-7,9,26-29,35,40,57-58H,8,10-25H2,(H,59,67,71)(H2,60,61,62,70). The predicted molar refractivity (Wildman–Crippen MR) is 262 cm³/mol. The number of carbonyl (C=O) groups excluding carboxylic acids is 6. The zero-order chi connectivity index (χ0) is 52.1. The lowest BCUT2D eigenvalue weighted by molar-refractivity contribution is -0.189. The summed E-state index contributed by atoms with van der Waals surface area (Å²) in [7, 11) is 0. The van der Waals surface area contributed by atoms with E-state index in [-0.39, 0.29) is 98.2 Å². The minimum absolute atomic E-state index is 0.0204. The third-order valence-electron chi connectivity index (χ3n) is 13.5. The summed E-state index contributed by atoms with van der Waals surface area (Å²) in [5, 5.41) is 18.9. The quantitative estimate of drug-likeness (QED) is 0.0390. The molecule has 18 nitrogen and oxygen atoms in total. The summed E-state index contributed by atoms with van der Waals surface area (Å²) in [4.78, 5) is 84.5. The Kier molecular flexibility index (Phi) is 15.3. The van der Waals surface area contributed by atoms with E-state index in [0.29, 0.717) is 80.7 Å². The first-order valence-corrected chi connectivity index (χ1v) is 24.3. The van der Waals surface area contributed by atoms with Crippen molar-refractivity contribution >= 4 is 75.0 Å². The Balaban J connectivity index is 0.846. The highest BCUT2D eigenvalue weighted by molar-refractivity contribution is 6.12. The Morgan fingerprint density at radius 1 is 0.743 bits per heavy atom. The maximum absolute atomic E-state index is 14.3. The van der Waals surface area contributed by atoms with E-state index in [1.807, 2.05) is 24.3 Å². The maximum atomic E-state index is 14.3. The van der Waals surface area contributed by atoms with Crippen LogP contribution in [0.2, 0.25) is 0 Å². The van der Waals surface area contributed by atoms with Crippen LogP contribution in [-0.4, -0.2) is 139 Å². The number of hydrogen-bond donors (Lipinski definition) is 5. The van der Waals surface area contributed by atoms with E-state index in [1.54, 1.807) is 32.9 Å². The Morgan fingerprint density at radius 3 is 2.03 bits per heavy atom. The number of amides is 5. The summed E-state index contributed by atoms with van der Waals surface area (Å²) < 4.78 is 80.6. The van der Waals surface area contributed by atoms with Gasteiger partial charge in [0.2, 0.25) is 23.6 Å². The van der Waals surface area contributed by atoms with Crippen molar-refractivity contribution in [3.63, 3.8) is 0 Å². The van der Waals surface area contributed by atoms with E-state index in [9.17, 15) is 50.7 Å². The second-order valence-corrected chi connectivity index (χ2v) is 18.5. The number of carbonyl (C=O) groups is 6. The summed E-state index contributed by atoms with van der Waals surface area (Å²) in [5.41, 5.74) is 2.92. The summed E-state index contributed by atoms with van der Waals surface area (Å²) in [5.74, 6) is -6.36. The molecule has 0 aliphatic carbocycles.